The average Bonchev–Trinajstić information content (AvgIpc) is 4.17. The second kappa shape index (κ2) is 20.8. The molecule has 0 saturated heterocycles. The van der Waals surface area contributed by atoms with Crippen LogP contribution in [0.2, 0.25) is 0 Å². The summed E-state index contributed by atoms with van der Waals surface area (Å²) < 4.78 is 11.9. The van der Waals surface area contributed by atoms with Crippen LogP contribution in [0, 0.1) is 56.7 Å². The Balaban J connectivity index is 0.956. The van der Waals surface area contributed by atoms with Crippen LogP contribution in [0.4, 0.5) is 0 Å². The van der Waals surface area contributed by atoms with Crippen LogP contribution in [-0.4, -0.2) is 57.8 Å². The van der Waals surface area contributed by atoms with Crippen LogP contribution in [0.25, 0.3) is 0 Å². The van der Waals surface area contributed by atoms with Gasteiger partial charge >= 0.3 is 11.9 Å². The van der Waals surface area contributed by atoms with Gasteiger partial charge in [-0.1, -0.05) is 120 Å². The summed E-state index contributed by atoms with van der Waals surface area (Å²) >= 11 is 0. The van der Waals surface area contributed by atoms with E-state index in [2.05, 4.69) is 74.5 Å². The average molecular weight is 987 g/mol. The van der Waals surface area contributed by atoms with Crippen molar-refractivity contribution in [3.05, 3.63) is 83.4 Å². The summed E-state index contributed by atoms with van der Waals surface area (Å²) in [6.45, 7) is 8.46. The summed E-state index contributed by atoms with van der Waals surface area (Å²) in [5.74, 6) is -0.137. The van der Waals surface area contributed by atoms with Crippen molar-refractivity contribution in [2.24, 2.45) is 56.7 Å². The van der Waals surface area contributed by atoms with Crippen LogP contribution in [0.5, 0.6) is 0 Å². The third-order valence-electron chi connectivity index (χ3n) is 23.2. The molecular weight excluding hydrogens is 893 g/mol. The Morgan fingerprint density at radius 1 is 0.806 bits per heavy atom. The van der Waals surface area contributed by atoms with E-state index in [0.717, 1.165) is 56.4 Å². The SMILES string of the molecule is CC(=O)O[C@@H]1C[C@@H](C)[C@](O)(CCC2=CC(=O)OC2)[C@]2([C@@H](O)CC[C@H](C)CCCc3ccccc3)[C@@H]1[C@](C)(C1CCC3(CC1)C[C@@H](CC1(c4ccccc4)CCCCC1)[C@]1(CCC4(CCCC4)C1)C3)CC[C@@H]2O. The topological polar surface area (TPSA) is 113 Å². The predicted octanol–water partition coefficient (Wildman–Crippen LogP) is 14.1. The second-order valence-corrected chi connectivity index (χ2v) is 27.2. The number of hydrogen-bond acceptors (Lipinski definition) is 7. The number of aliphatic hydroxyl groups excluding tert-OH is 2. The van der Waals surface area contributed by atoms with Gasteiger partial charge in [0, 0.05) is 18.9 Å². The number of carbonyl (C=O) groups excluding carboxylic acids is 2. The fourth-order valence-corrected chi connectivity index (χ4v) is 19.8. The fourth-order valence-electron chi connectivity index (χ4n) is 19.8. The van der Waals surface area contributed by atoms with Gasteiger partial charge in [0.1, 0.15) is 12.7 Å². The van der Waals surface area contributed by atoms with Crippen molar-refractivity contribution in [3.63, 3.8) is 0 Å². The van der Waals surface area contributed by atoms with Gasteiger partial charge in [0.2, 0.25) is 0 Å². The maximum absolute atomic E-state index is 13.9. The molecule has 2 aromatic carbocycles. The minimum atomic E-state index is -1.49. The summed E-state index contributed by atoms with van der Waals surface area (Å²) in [6.07, 6.45) is 31.1. The molecule has 11 atom stereocenters. The number of carbonyl (C=O) groups is 2. The zero-order chi connectivity index (χ0) is 50.4. The lowest BCUT2D eigenvalue weighted by Gasteiger charge is -2.70. The Kier molecular flexibility index (Phi) is 15.2. The predicted molar refractivity (Wildman–Crippen MR) is 286 cm³/mol. The highest BCUT2D eigenvalue weighted by Crippen LogP contribution is 2.74. The number of benzene rings is 2. The van der Waals surface area contributed by atoms with Gasteiger partial charge in [-0.05, 0) is 215 Å². The Morgan fingerprint density at radius 2 is 1.49 bits per heavy atom. The zero-order valence-electron chi connectivity index (χ0n) is 45.2. The van der Waals surface area contributed by atoms with E-state index in [1.165, 1.54) is 122 Å². The smallest absolute Gasteiger partial charge is 0.331 e. The van der Waals surface area contributed by atoms with Crippen LogP contribution in [0.1, 0.15) is 219 Å². The second-order valence-electron chi connectivity index (χ2n) is 27.2. The number of hydrogen-bond donors (Lipinski definition) is 3. The number of rotatable bonds is 16. The van der Waals surface area contributed by atoms with E-state index in [0.29, 0.717) is 60.2 Å². The molecule has 0 unspecified atom stereocenters. The maximum Gasteiger partial charge on any atom is 0.331 e. The first-order chi connectivity index (χ1) is 34.6. The number of esters is 2. The third kappa shape index (κ3) is 9.64. The van der Waals surface area contributed by atoms with E-state index >= 15 is 0 Å². The maximum atomic E-state index is 13.9. The molecule has 7 nitrogen and oxygen atoms in total. The molecule has 2 aromatic rings. The zero-order valence-corrected chi connectivity index (χ0v) is 45.2. The van der Waals surface area contributed by atoms with E-state index in [1.54, 1.807) is 11.6 Å². The van der Waals surface area contributed by atoms with E-state index in [-0.39, 0.29) is 29.9 Å². The van der Waals surface area contributed by atoms with Crippen molar-refractivity contribution in [2.45, 2.75) is 243 Å². The number of cyclic esters (lactones) is 1. The molecule has 7 fully saturated rings. The first-order valence-electron chi connectivity index (χ1n) is 29.8. The molecular formula is C65H94O7. The van der Waals surface area contributed by atoms with Gasteiger partial charge < -0.3 is 24.8 Å². The van der Waals surface area contributed by atoms with Crippen LogP contribution in [0.15, 0.2) is 72.3 Å². The Bertz CT molecular complexity index is 2200. The minimum absolute atomic E-state index is 0.208. The molecule has 8 aliphatic rings. The summed E-state index contributed by atoms with van der Waals surface area (Å²) in [5, 5.41) is 40.2. The lowest BCUT2D eigenvalue weighted by atomic mass is 9.37. The lowest BCUT2D eigenvalue weighted by Crippen LogP contribution is -2.77. The van der Waals surface area contributed by atoms with Crippen LogP contribution in [0.3, 0.4) is 0 Å². The highest BCUT2D eigenvalue weighted by Gasteiger charge is 2.75. The van der Waals surface area contributed by atoms with Gasteiger partial charge in [0.05, 0.1) is 23.2 Å². The largest absolute Gasteiger partial charge is 0.462 e. The molecule has 3 N–H and O–H groups in total. The summed E-state index contributed by atoms with van der Waals surface area (Å²) in [4.78, 5) is 25.7. The van der Waals surface area contributed by atoms with Crippen molar-refractivity contribution in [2.75, 3.05) is 6.61 Å². The molecule has 0 aromatic heterocycles. The van der Waals surface area contributed by atoms with Gasteiger partial charge in [-0.25, -0.2) is 4.79 Å². The fraction of sp³-hybridized carbons (Fsp3) is 0.754. The number of aryl methyl sites for hydroxylation is 1. The molecule has 1 heterocycles. The monoisotopic (exact) mass is 987 g/mol. The van der Waals surface area contributed by atoms with Crippen molar-refractivity contribution in [1.29, 1.82) is 0 Å². The van der Waals surface area contributed by atoms with E-state index in [9.17, 15) is 24.9 Å². The van der Waals surface area contributed by atoms with Gasteiger partial charge in [-0.15, -0.1) is 0 Å². The molecule has 1 aliphatic heterocycles. The number of ether oxygens (including phenoxy) is 2. The van der Waals surface area contributed by atoms with Gasteiger partial charge in [-0.3, -0.25) is 4.79 Å². The molecule has 72 heavy (non-hydrogen) atoms. The molecule has 7 saturated carbocycles. The van der Waals surface area contributed by atoms with Gasteiger partial charge in [0.25, 0.3) is 0 Å². The molecule has 0 radical (unpaired) electrons. The van der Waals surface area contributed by atoms with Crippen molar-refractivity contribution in [3.8, 4) is 0 Å². The van der Waals surface area contributed by atoms with E-state index < -0.39 is 40.7 Å². The quantitative estimate of drug-likeness (QED) is 0.144. The summed E-state index contributed by atoms with van der Waals surface area (Å²) in [7, 11) is 0. The van der Waals surface area contributed by atoms with Crippen molar-refractivity contribution >= 4 is 11.9 Å². The Hall–Kier alpha value is -3.00. The highest BCUT2D eigenvalue weighted by atomic mass is 16.5. The minimum Gasteiger partial charge on any atom is -0.462 e. The lowest BCUT2D eigenvalue weighted by molar-refractivity contribution is -0.327. The molecule has 0 amide bonds. The van der Waals surface area contributed by atoms with Crippen molar-refractivity contribution in [1.82, 2.24) is 0 Å². The molecule has 7 aliphatic carbocycles. The summed E-state index contributed by atoms with van der Waals surface area (Å²) in [6, 6.07) is 22.4. The Labute approximate surface area is 434 Å². The number of fused-ring (bicyclic) bond motifs is 1. The molecule has 7 heteroatoms. The standard InChI is InChI=1S/C65H94O7/c1-46(17-16-20-49-18-8-5-9-19-49)23-24-55(67)65-56(68)28-33-59(4,58(65)54(72-48(3)66)39-47(2)64(65,70)36-25-50-40-57(69)71-43-50)51-26-34-61(35-27-51)41-53(63(45-61)38-37-60(44-63)29-14-15-30-60)42-62(31-12-7-13-32-62)52-21-10-6-11-22-52/h5-6,8-11,18-19,21-22,40,46-47,51,53-56,58,67-68,70H,7,12-17,20,23-39,41-45H2,1-4H3/t46-,47-,51?,53+,54-,55+,56+,58+,59+,61?,63+,64-,65+/m1/s1. The first kappa shape index (κ1) is 52.4. The van der Waals surface area contributed by atoms with E-state index in [1.807, 2.05) is 6.92 Å². The Morgan fingerprint density at radius 3 is 2.17 bits per heavy atom. The van der Waals surface area contributed by atoms with Crippen LogP contribution in [-0.2, 0) is 30.9 Å². The molecule has 10 rings (SSSR count). The van der Waals surface area contributed by atoms with Gasteiger partial charge in [-0.2, -0.15) is 0 Å². The third-order valence-corrected chi connectivity index (χ3v) is 23.2. The molecule has 396 valence electrons. The highest BCUT2D eigenvalue weighted by molar-refractivity contribution is 5.85. The molecule has 0 bridgehead atoms. The van der Waals surface area contributed by atoms with Crippen LogP contribution < -0.4 is 0 Å². The molecule has 3 spiro atoms. The normalized spacial score (nSPS) is 38.9. The number of aliphatic hydroxyl groups is 3. The summed E-state index contributed by atoms with van der Waals surface area (Å²) in [5.41, 5.74) is 2.11. The van der Waals surface area contributed by atoms with Gasteiger partial charge in [0.15, 0.2) is 0 Å². The van der Waals surface area contributed by atoms with E-state index in [4.69, 9.17) is 9.47 Å². The van der Waals surface area contributed by atoms with Crippen molar-refractivity contribution < 1.29 is 34.4 Å². The first-order valence-corrected chi connectivity index (χ1v) is 29.8. The van der Waals surface area contributed by atoms with Crippen LogP contribution >= 0.6 is 0 Å².